The van der Waals surface area contributed by atoms with Crippen molar-refractivity contribution in [1.82, 2.24) is 4.72 Å². The number of sulfonamides is 1. The van der Waals surface area contributed by atoms with Crippen LogP contribution in [0.5, 0.6) is 0 Å². The minimum Gasteiger partial charge on any atom is -0.480 e. The molecule has 0 heterocycles. The Kier molecular flexibility index (Phi) is 5.93. The molecule has 0 saturated heterocycles. The molecular formula is C11H12BrClFNO4S. The van der Waals surface area contributed by atoms with Gasteiger partial charge in [0.1, 0.15) is 16.8 Å². The first-order valence-electron chi connectivity index (χ1n) is 5.58. The number of hydrogen-bond donors (Lipinski definition) is 2. The van der Waals surface area contributed by atoms with E-state index in [9.17, 15) is 17.6 Å². The highest BCUT2D eigenvalue weighted by atomic mass is 79.9. The minimum atomic E-state index is -4.18. The second-order valence-corrected chi connectivity index (χ2v) is 6.91. The van der Waals surface area contributed by atoms with Crippen LogP contribution in [0.15, 0.2) is 21.5 Å². The quantitative estimate of drug-likeness (QED) is 0.785. The van der Waals surface area contributed by atoms with Crippen LogP contribution in [0.4, 0.5) is 4.39 Å². The fourth-order valence-electron chi connectivity index (χ4n) is 1.55. The van der Waals surface area contributed by atoms with Gasteiger partial charge in [-0.25, -0.2) is 12.8 Å². The van der Waals surface area contributed by atoms with Gasteiger partial charge in [-0.2, -0.15) is 4.72 Å². The molecule has 0 fully saturated rings. The van der Waals surface area contributed by atoms with Gasteiger partial charge in [0.25, 0.3) is 0 Å². The van der Waals surface area contributed by atoms with Crippen LogP contribution < -0.4 is 4.72 Å². The monoisotopic (exact) mass is 387 g/mol. The Labute approximate surface area is 129 Å². The number of hydrogen-bond acceptors (Lipinski definition) is 3. The van der Waals surface area contributed by atoms with E-state index < -0.39 is 27.9 Å². The largest absolute Gasteiger partial charge is 0.480 e. The molecule has 1 aromatic rings. The van der Waals surface area contributed by atoms with Crippen molar-refractivity contribution in [3.63, 3.8) is 0 Å². The highest BCUT2D eigenvalue weighted by molar-refractivity contribution is 9.10. The predicted octanol–water partition coefficient (Wildman–Crippen LogP) is 2.77. The summed E-state index contributed by atoms with van der Waals surface area (Å²) >= 11 is 8.63. The molecule has 20 heavy (non-hydrogen) atoms. The Balaban J connectivity index is 3.20. The average Bonchev–Trinajstić information content (AvgIpc) is 2.25. The zero-order valence-corrected chi connectivity index (χ0v) is 13.5. The van der Waals surface area contributed by atoms with Gasteiger partial charge in [0, 0.05) is 4.47 Å². The number of rotatable bonds is 6. The summed E-state index contributed by atoms with van der Waals surface area (Å²) in [4.78, 5) is 10.6. The van der Waals surface area contributed by atoms with Gasteiger partial charge in [0.05, 0.1) is 5.02 Å². The van der Waals surface area contributed by atoms with E-state index in [4.69, 9.17) is 16.7 Å². The number of halogens is 3. The molecule has 1 unspecified atom stereocenters. The molecule has 1 rings (SSSR count). The summed E-state index contributed by atoms with van der Waals surface area (Å²) in [6.07, 6.45) is 0.614. The molecule has 9 heteroatoms. The van der Waals surface area contributed by atoms with Gasteiger partial charge in [-0.15, -0.1) is 0 Å². The molecule has 1 aromatic carbocycles. The van der Waals surface area contributed by atoms with Crippen molar-refractivity contribution < 1.29 is 22.7 Å². The van der Waals surface area contributed by atoms with Gasteiger partial charge in [-0.05, 0) is 34.5 Å². The van der Waals surface area contributed by atoms with Crippen molar-refractivity contribution >= 4 is 43.5 Å². The van der Waals surface area contributed by atoms with Crippen molar-refractivity contribution in [2.45, 2.75) is 30.7 Å². The van der Waals surface area contributed by atoms with E-state index in [-0.39, 0.29) is 20.8 Å². The van der Waals surface area contributed by atoms with Crippen molar-refractivity contribution in [1.29, 1.82) is 0 Å². The van der Waals surface area contributed by atoms with E-state index >= 15 is 0 Å². The molecule has 5 nitrogen and oxygen atoms in total. The smallest absolute Gasteiger partial charge is 0.321 e. The van der Waals surface area contributed by atoms with Crippen LogP contribution >= 0.6 is 27.5 Å². The molecular weight excluding hydrogens is 377 g/mol. The molecule has 0 amide bonds. The van der Waals surface area contributed by atoms with Gasteiger partial charge < -0.3 is 5.11 Å². The summed E-state index contributed by atoms with van der Waals surface area (Å²) < 4.78 is 39.4. The Morgan fingerprint density at radius 2 is 2.15 bits per heavy atom. The third-order valence-electron chi connectivity index (χ3n) is 2.40. The molecule has 0 aliphatic rings. The van der Waals surface area contributed by atoms with E-state index in [1.165, 1.54) is 0 Å². The first-order chi connectivity index (χ1) is 9.19. The topological polar surface area (TPSA) is 83.5 Å². The summed E-state index contributed by atoms with van der Waals surface area (Å²) in [5, 5.41) is 8.64. The summed E-state index contributed by atoms with van der Waals surface area (Å²) in [5.41, 5.74) is 0. The lowest BCUT2D eigenvalue weighted by atomic mass is 10.2. The summed E-state index contributed by atoms with van der Waals surface area (Å²) in [5.74, 6) is -1.99. The van der Waals surface area contributed by atoms with Crippen LogP contribution in [-0.4, -0.2) is 25.5 Å². The zero-order valence-electron chi connectivity index (χ0n) is 10.4. The Hall–Kier alpha value is -0.700. The van der Waals surface area contributed by atoms with Gasteiger partial charge in [-0.1, -0.05) is 24.9 Å². The Bertz CT molecular complexity index is 600. The van der Waals surface area contributed by atoms with E-state index in [2.05, 4.69) is 15.9 Å². The summed E-state index contributed by atoms with van der Waals surface area (Å²) in [7, 11) is -4.18. The van der Waals surface area contributed by atoms with Crippen molar-refractivity contribution in [2.24, 2.45) is 0 Å². The van der Waals surface area contributed by atoms with Crippen LogP contribution in [0.25, 0.3) is 0 Å². The maximum atomic E-state index is 13.1. The number of carboxylic acid groups (broad SMARTS) is 1. The van der Waals surface area contributed by atoms with Gasteiger partial charge in [0.15, 0.2) is 0 Å². The zero-order chi connectivity index (χ0) is 15.5. The van der Waals surface area contributed by atoms with E-state index in [1.807, 2.05) is 4.72 Å². The molecule has 1 atom stereocenters. The van der Waals surface area contributed by atoms with E-state index in [1.54, 1.807) is 6.92 Å². The minimum absolute atomic E-state index is 0.0735. The number of nitrogens with one attached hydrogen (secondary N) is 1. The Morgan fingerprint density at radius 3 is 2.60 bits per heavy atom. The molecule has 0 aliphatic heterocycles. The number of aliphatic carboxylic acids is 1. The van der Waals surface area contributed by atoms with Crippen molar-refractivity contribution in [3.05, 3.63) is 27.4 Å². The number of carboxylic acids is 1. The molecule has 0 spiro atoms. The summed E-state index contributed by atoms with van der Waals surface area (Å²) in [6.45, 7) is 1.73. The van der Waals surface area contributed by atoms with Gasteiger partial charge in [-0.3, -0.25) is 4.79 Å². The molecule has 2 N–H and O–H groups in total. The van der Waals surface area contributed by atoms with Crippen LogP contribution in [0.3, 0.4) is 0 Å². The standard InChI is InChI=1S/C11H12BrClFNO4S/c1-2-3-9(11(16)17)15-20(18,19)10-7(12)4-6(14)5-8(10)13/h4-5,9,15H,2-3H2,1H3,(H,16,17). The lowest BCUT2D eigenvalue weighted by Gasteiger charge is -2.15. The second kappa shape index (κ2) is 6.84. The van der Waals surface area contributed by atoms with Gasteiger partial charge >= 0.3 is 5.97 Å². The first-order valence-corrected chi connectivity index (χ1v) is 8.24. The fraction of sp³-hybridized carbons (Fsp3) is 0.364. The predicted molar refractivity (Wildman–Crippen MR) is 75.8 cm³/mol. The molecule has 0 bridgehead atoms. The highest BCUT2D eigenvalue weighted by Gasteiger charge is 2.28. The first kappa shape index (κ1) is 17.4. The molecule has 0 aliphatic carbocycles. The number of benzene rings is 1. The van der Waals surface area contributed by atoms with E-state index in [0.29, 0.717) is 6.42 Å². The van der Waals surface area contributed by atoms with E-state index in [0.717, 1.165) is 12.1 Å². The van der Waals surface area contributed by atoms with Crippen molar-refractivity contribution in [3.8, 4) is 0 Å². The van der Waals surface area contributed by atoms with Crippen LogP contribution in [0.1, 0.15) is 19.8 Å². The molecule has 112 valence electrons. The van der Waals surface area contributed by atoms with Crippen LogP contribution in [0, 0.1) is 5.82 Å². The maximum Gasteiger partial charge on any atom is 0.321 e. The second-order valence-electron chi connectivity index (χ2n) is 4.00. The lowest BCUT2D eigenvalue weighted by molar-refractivity contribution is -0.139. The number of carbonyl (C=O) groups is 1. The molecule has 0 aromatic heterocycles. The average molecular weight is 389 g/mol. The third kappa shape index (κ3) is 4.15. The van der Waals surface area contributed by atoms with Gasteiger partial charge in [0.2, 0.25) is 10.0 Å². The normalized spacial score (nSPS) is 13.2. The van der Waals surface area contributed by atoms with Crippen LogP contribution in [0.2, 0.25) is 5.02 Å². The third-order valence-corrected chi connectivity index (χ3v) is 5.27. The lowest BCUT2D eigenvalue weighted by Crippen LogP contribution is -2.40. The maximum absolute atomic E-state index is 13.1. The SMILES string of the molecule is CCCC(NS(=O)(=O)c1c(Cl)cc(F)cc1Br)C(=O)O. The highest BCUT2D eigenvalue weighted by Crippen LogP contribution is 2.30. The van der Waals surface area contributed by atoms with Crippen LogP contribution in [-0.2, 0) is 14.8 Å². The Morgan fingerprint density at radius 1 is 1.55 bits per heavy atom. The molecule has 0 radical (unpaired) electrons. The van der Waals surface area contributed by atoms with Crippen molar-refractivity contribution in [2.75, 3.05) is 0 Å². The summed E-state index contributed by atoms with van der Waals surface area (Å²) in [6, 6.07) is 0.519. The fourth-order valence-corrected chi connectivity index (χ4v) is 4.59. The molecule has 0 saturated carbocycles.